The topological polar surface area (TPSA) is 84.2 Å². The summed E-state index contributed by atoms with van der Waals surface area (Å²) in [5.41, 5.74) is 6.75. The third-order valence-corrected chi connectivity index (χ3v) is 3.59. The van der Waals surface area contributed by atoms with Crippen molar-refractivity contribution in [3.05, 3.63) is 29.8 Å². The molecule has 0 bridgehead atoms. The number of hydrogen-bond acceptors (Lipinski definition) is 3. The number of hydrogen-bond donors (Lipinski definition) is 3. The van der Waals surface area contributed by atoms with Gasteiger partial charge in [-0.3, -0.25) is 9.59 Å². The van der Waals surface area contributed by atoms with E-state index in [-0.39, 0.29) is 24.2 Å². The van der Waals surface area contributed by atoms with Crippen molar-refractivity contribution in [1.82, 2.24) is 5.32 Å². The Hall–Kier alpha value is -1.88. The van der Waals surface area contributed by atoms with Crippen molar-refractivity contribution >= 4 is 17.5 Å². The van der Waals surface area contributed by atoms with Crippen LogP contribution in [0.2, 0.25) is 0 Å². The molecule has 4 N–H and O–H groups in total. The van der Waals surface area contributed by atoms with E-state index in [1.807, 2.05) is 12.1 Å². The molecule has 2 amide bonds. The van der Waals surface area contributed by atoms with E-state index < -0.39 is 0 Å². The lowest BCUT2D eigenvalue weighted by atomic mass is 9.92. The summed E-state index contributed by atoms with van der Waals surface area (Å²) in [6.07, 6.45) is 1.96. The van der Waals surface area contributed by atoms with Crippen LogP contribution >= 0.6 is 0 Å². The molecule has 0 saturated carbocycles. The second kappa shape index (κ2) is 6.52. The lowest BCUT2D eigenvalue weighted by Crippen LogP contribution is -2.40. The molecule has 0 aliphatic carbocycles. The molecule has 1 aliphatic heterocycles. The van der Waals surface area contributed by atoms with Crippen molar-refractivity contribution in [2.75, 3.05) is 11.9 Å². The van der Waals surface area contributed by atoms with E-state index in [0.717, 1.165) is 30.6 Å². The summed E-state index contributed by atoms with van der Waals surface area (Å²) in [4.78, 5) is 23.0. The zero-order chi connectivity index (χ0) is 14.5. The van der Waals surface area contributed by atoms with Gasteiger partial charge in [-0.15, -0.1) is 0 Å². The molecule has 0 radical (unpaired) electrons. The number of anilines is 1. The largest absolute Gasteiger partial charge is 0.369 e. The molecule has 20 heavy (non-hydrogen) atoms. The average molecular weight is 275 g/mol. The van der Waals surface area contributed by atoms with Crippen LogP contribution in [0.15, 0.2) is 24.3 Å². The Morgan fingerprint density at radius 3 is 2.65 bits per heavy atom. The van der Waals surface area contributed by atoms with Crippen molar-refractivity contribution in [3.63, 3.8) is 0 Å². The Balaban J connectivity index is 1.92. The quantitative estimate of drug-likeness (QED) is 0.767. The van der Waals surface area contributed by atoms with Gasteiger partial charge < -0.3 is 16.4 Å². The van der Waals surface area contributed by atoms with Gasteiger partial charge in [-0.05, 0) is 44.0 Å². The maximum Gasteiger partial charge on any atom is 0.227 e. The molecular weight excluding hydrogens is 254 g/mol. The summed E-state index contributed by atoms with van der Waals surface area (Å²) in [5.74, 6) is -0.219. The molecular formula is C15H21N3O2. The molecule has 2 unspecified atom stereocenters. The first-order valence-electron chi connectivity index (χ1n) is 6.96. The van der Waals surface area contributed by atoms with Crippen molar-refractivity contribution in [1.29, 1.82) is 0 Å². The minimum Gasteiger partial charge on any atom is -0.369 e. The zero-order valence-electron chi connectivity index (χ0n) is 11.7. The Bertz CT molecular complexity index is 484. The number of primary amides is 1. The molecule has 2 atom stereocenters. The first-order chi connectivity index (χ1) is 9.54. The Kier molecular flexibility index (Phi) is 4.74. The van der Waals surface area contributed by atoms with Gasteiger partial charge in [0.1, 0.15) is 0 Å². The molecule has 5 heteroatoms. The van der Waals surface area contributed by atoms with Crippen LogP contribution in [0.3, 0.4) is 0 Å². The summed E-state index contributed by atoms with van der Waals surface area (Å²) in [5, 5.41) is 6.26. The number of carbonyl (C=O) groups is 2. The van der Waals surface area contributed by atoms with E-state index in [9.17, 15) is 9.59 Å². The number of nitrogens with two attached hydrogens (primary N) is 1. The fourth-order valence-corrected chi connectivity index (χ4v) is 2.52. The van der Waals surface area contributed by atoms with Crippen LogP contribution in [0.5, 0.6) is 0 Å². The van der Waals surface area contributed by atoms with Gasteiger partial charge in [0.15, 0.2) is 0 Å². The lowest BCUT2D eigenvalue weighted by Gasteiger charge is -2.27. The molecule has 0 aromatic heterocycles. The van der Waals surface area contributed by atoms with Crippen molar-refractivity contribution in [2.24, 2.45) is 11.7 Å². The van der Waals surface area contributed by atoms with Crippen LogP contribution in [0.4, 0.5) is 5.69 Å². The summed E-state index contributed by atoms with van der Waals surface area (Å²) < 4.78 is 0. The van der Waals surface area contributed by atoms with Gasteiger partial charge in [0.2, 0.25) is 11.8 Å². The number of piperidine rings is 1. The van der Waals surface area contributed by atoms with E-state index in [0.29, 0.717) is 6.04 Å². The summed E-state index contributed by atoms with van der Waals surface area (Å²) in [6.45, 7) is 2.98. The van der Waals surface area contributed by atoms with E-state index >= 15 is 0 Å². The number of rotatable bonds is 4. The SMILES string of the molecule is CC1CC(C(=O)Nc2ccc(CC(N)=O)cc2)CCN1. The van der Waals surface area contributed by atoms with Crippen LogP contribution in [-0.2, 0) is 16.0 Å². The smallest absolute Gasteiger partial charge is 0.227 e. The maximum absolute atomic E-state index is 12.2. The molecule has 1 aromatic rings. The maximum atomic E-state index is 12.2. The predicted octanol–water partition coefficient (Wildman–Crippen LogP) is 1.04. The minimum absolute atomic E-state index is 0.0662. The number of benzene rings is 1. The van der Waals surface area contributed by atoms with E-state index in [1.165, 1.54) is 0 Å². The number of carbonyl (C=O) groups excluding carboxylic acids is 2. The van der Waals surface area contributed by atoms with Crippen LogP contribution < -0.4 is 16.4 Å². The zero-order valence-corrected chi connectivity index (χ0v) is 11.7. The molecule has 108 valence electrons. The Morgan fingerprint density at radius 2 is 2.05 bits per heavy atom. The number of nitrogens with one attached hydrogen (secondary N) is 2. The van der Waals surface area contributed by atoms with Gasteiger partial charge in [0, 0.05) is 17.6 Å². The molecule has 1 heterocycles. The van der Waals surface area contributed by atoms with Crippen LogP contribution in [0.1, 0.15) is 25.3 Å². The lowest BCUT2D eigenvalue weighted by molar-refractivity contribution is -0.121. The van der Waals surface area contributed by atoms with Gasteiger partial charge in [-0.1, -0.05) is 12.1 Å². The molecule has 2 rings (SSSR count). The Labute approximate surface area is 118 Å². The fraction of sp³-hybridized carbons (Fsp3) is 0.467. The highest BCUT2D eigenvalue weighted by molar-refractivity contribution is 5.92. The van der Waals surface area contributed by atoms with Gasteiger partial charge >= 0.3 is 0 Å². The van der Waals surface area contributed by atoms with E-state index in [4.69, 9.17) is 5.73 Å². The standard InChI is InChI=1S/C15H21N3O2/c1-10-8-12(6-7-17-10)15(20)18-13-4-2-11(3-5-13)9-14(16)19/h2-5,10,12,17H,6-9H2,1H3,(H2,16,19)(H,18,20). The molecule has 5 nitrogen and oxygen atoms in total. The highest BCUT2D eigenvalue weighted by Crippen LogP contribution is 2.19. The van der Waals surface area contributed by atoms with Crippen LogP contribution in [-0.4, -0.2) is 24.4 Å². The second-order valence-corrected chi connectivity index (χ2v) is 5.41. The average Bonchev–Trinajstić information content (AvgIpc) is 2.40. The predicted molar refractivity (Wildman–Crippen MR) is 78.2 cm³/mol. The van der Waals surface area contributed by atoms with Crippen LogP contribution in [0, 0.1) is 5.92 Å². The highest BCUT2D eigenvalue weighted by atomic mass is 16.2. The van der Waals surface area contributed by atoms with E-state index in [2.05, 4.69) is 17.6 Å². The third kappa shape index (κ3) is 4.06. The normalized spacial score (nSPS) is 22.2. The first-order valence-corrected chi connectivity index (χ1v) is 6.96. The summed E-state index contributed by atoms with van der Waals surface area (Å²) in [6, 6.07) is 7.62. The van der Waals surface area contributed by atoms with Crippen LogP contribution in [0.25, 0.3) is 0 Å². The first kappa shape index (κ1) is 14.5. The molecule has 0 spiro atoms. The second-order valence-electron chi connectivity index (χ2n) is 5.41. The number of amides is 2. The highest BCUT2D eigenvalue weighted by Gasteiger charge is 2.24. The summed E-state index contributed by atoms with van der Waals surface area (Å²) >= 11 is 0. The monoisotopic (exact) mass is 275 g/mol. The minimum atomic E-state index is -0.356. The van der Waals surface area contributed by atoms with Crippen molar-refractivity contribution < 1.29 is 9.59 Å². The summed E-state index contributed by atoms with van der Waals surface area (Å²) in [7, 11) is 0. The molecule has 1 aromatic carbocycles. The van der Waals surface area contributed by atoms with Gasteiger partial charge in [0.25, 0.3) is 0 Å². The fourth-order valence-electron chi connectivity index (χ4n) is 2.52. The van der Waals surface area contributed by atoms with Crippen molar-refractivity contribution in [3.8, 4) is 0 Å². The van der Waals surface area contributed by atoms with Crippen molar-refractivity contribution in [2.45, 2.75) is 32.2 Å². The molecule has 1 aliphatic rings. The van der Waals surface area contributed by atoms with Gasteiger partial charge in [-0.2, -0.15) is 0 Å². The molecule has 1 fully saturated rings. The molecule has 1 saturated heterocycles. The van der Waals surface area contributed by atoms with E-state index in [1.54, 1.807) is 12.1 Å². The Morgan fingerprint density at radius 1 is 1.35 bits per heavy atom. The third-order valence-electron chi connectivity index (χ3n) is 3.59. The van der Waals surface area contributed by atoms with Gasteiger partial charge in [0.05, 0.1) is 6.42 Å². The van der Waals surface area contributed by atoms with Gasteiger partial charge in [-0.25, -0.2) is 0 Å².